The van der Waals surface area contributed by atoms with Gasteiger partial charge in [0.1, 0.15) is 0 Å². The molecule has 0 atom stereocenters. The van der Waals surface area contributed by atoms with E-state index in [2.05, 4.69) is 6.92 Å². The van der Waals surface area contributed by atoms with Crippen molar-refractivity contribution in [3.63, 3.8) is 0 Å². The smallest absolute Gasteiger partial charge is 0 e. The molecule has 0 aromatic carbocycles. The van der Waals surface area contributed by atoms with Gasteiger partial charge in [0.05, 0.1) is 0 Å². The third kappa shape index (κ3) is 6.96. The first-order chi connectivity index (χ1) is 4.93. The molecule has 0 unspecified atom stereocenters. The molecule has 1 saturated carbocycles. The van der Waals surface area contributed by atoms with Crippen LogP contribution in [0.1, 0.15) is 59.3 Å². The molecule has 0 heterocycles. The largest absolute Gasteiger partial charge is 0.0683 e. The van der Waals surface area contributed by atoms with Crippen molar-refractivity contribution in [2.24, 2.45) is 5.92 Å². The van der Waals surface area contributed by atoms with Crippen LogP contribution in [0.2, 0.25) is 0 Å². The van der Waals surface area contributed by atoms with E-state index in [0.717, 1.165) is 5.92 Å². The van der Waals surface area contributed by atoms with Gasteiger partial charge in [-0.2, -0.15) is 0 Å². The maximum absolute atomic E-state index is 2.32. The Morgan fingerprint density at radius 2 is 1.45 bits per heavy atom. The van der Waals surface area contributed by atoms with Crippen molar-refractivity contribution in [2.45, 2.75) is 59.3 Å². The zero-order valence-corrected chi connectivity index (χ0v) is 9.66. The normalized spacial score (nSPS) is 17.7. The molecular formula is C10H22V. The molecule has 11 heavy (non-hydrogen) atoms. The average molecular weight is 193 g/mol. The van der Waals surface area contributed by atoms with Gasteiger partial charge in [-0.25, -0.2) is 0 Å². The van der Waals surface area contributed by atoms with Crippen LogP contribution in [0.5, 0.6) is 0 Å². The quantitative estimate of drug-likeness (QED) is 0.590. The molecule has 0 N–H and O–H groups in total. The monoisotopic (exact) mass is 193 g/mol. The van der Waals surface area contributed by atoms with Gasteiger partial charge in [-0.15, -0.1) is 0 Å². The molecular weight excluding hydrogens is 171 g/mol. The Kier molecular flexibility index (Phi) is 13.6. The fraction of sp³-hybridized carbons (Fsp3) is 1.00. The van der Waals surface area contributed by atoms with Crippen LogP contribution in [0.15, 0.2) is 0 Å². The van der Waals surface area contributed by atoms with Crippen molar-refractivity contribution in [1.82, 2.24) is 0 Å². The molecule has 0 spiro atoms. The van der Waals surface area contributed by atoms with E-state index in [-0.39, 0.29) is 18.6 Å². The molecule has 0 saturated heterocycles. The summed E-state index contributed by atoms with van der Waals surface area (Å²) >= 11 is 0. The minimum Gasteiger partial charge on any atom is -0.0683 e. The molecule has 0 aromatic heterocycles. The molecule has 1 aliphatic carbocycles. The molecule has 0 bridgehead atoms. The SMILES string of the molecule is CC.CCC1CCCCC1.[V]. The van der Waals surface area contributed by atoms with E-state index >= 15 is 0 Å². The summed E-state index contributed by atoms with van der Waals surface area (Å²) in [6, 6.07) is 0. The fourth-order valence-corrected chi connectivity index (χ4v) is 1.60. The summed E-state index contributed by atoms with van der Waals surface area (Å²) in [6.45, 7) is 6.32. The first-order valence-corrected chi connectivity index (χ1v) is 4.93. The summed E-state index contributed by atoms with van der Waals surface area (Å²) in [6.07, 6.45) is 8.93. The zero-order chi connectivity index (χ0) is 7.82. The average Bonchev–Trinajstić information content (AvgIpc) is 2.10. The first-order valence-electron chi connectivity index (χ1n) is 4.93. The fourth-order valence-electron chi connectivity index (χ4n) is 1.60. The Bertz CT molecular complexity index is 55.9. The summed E-state index contributed by atoms with van der Waals surface area (Å²) in [5.74, 6) is 1.09. The van der Waals surface area contributed by atoms with Crippen LogP contribution in [0, 0.1) is 5.92 Å². The van der Waals surface area contributed by atoms with Gasteiger partial charge >= 0.3 is 0 Å². The van der Waals surface area contributed by atoms with Crippen molar-refractivity contribution in [1.29, 1.82) is 0 Å². The molecule has 0 amide bonds. The predicted octanol–water partition coefficient (Wildman–Crippen LogP) is 4.00. The number of hydrogen-bond donors (Lipinski definition) is 0. The molecule has 0 aromatic rings. The summed E-state index contributed by atoms with van der Waals surface area (Å²) < 4.78 is 0. The zero-order valence-electron chi connectivity index (χ0n) is 8.27. The second-order valence-electron chi connectivity index (χ2n) is 2.91. The predicted molar refractivity (Wildman–Crippen MR) is 48.2 cm³/mol. The van der Waals surface area contributed by atoms with Gasteiger partial charge in [-0.05, 0) is 5.92 Å². The second kappa shape index (κ2) is 10.6. The van der Waals surface area contributed by atoms with E-state index in [0.29, 0.717) is 0 Å². The van der Waals surface area contributed by atoms with Crippen LogP contribution >= 0.6 is 0 Å². The van der Waals surface area contributed by atoms with Crippen molar-refractivity contribution < 1.29 is 18.6 Å². The minimum absolute atomic E-state index is 0. The maximum Gasteiger partial charge on any atom is 0 e. The molecule has 1 radical (unpaired) electrons. The summed E-state index contributed by atoms with van der Waals surface area (Å²) in [4.78, 5) is 0. The third-order valence-electron chi connectivity index (χ3n) is 2.30. The molecule has 0 aliphatic heterocycles. The summed E-state index contributed by atoms with van der Waals surface area (Å²) in [7, 11) is 0. The van der Waals surface area contributed by atoms with Gasteiger partial charge in [-0.1, -0.05) is 59.3 Å². The van der Waals surface area contributed by atoms with Gasteiger partial charge in [0, 0.05) is 18.6 Å². The van der Waals surface area contributed by atoms with Crippen LogP contribution < -0.4 is 0 Å². The van der Waals surface area contributed by atoms with Crippen molar-refractivity contribution in [3.8, 4) is 0 Å². The van der Waals surface area contributed by atoms with Gasteiger partial charge < -0.3 is 0 Å². The van der Waals surface area contributed by atoms with Crippen molar-refractivity contribution in [2.75, 3.05) is 0 Å². The molecule has 1 rings (SSSR count). The third-order valence-corrected chi connectivity index (χ3v) is 2.30. The summed E-state index contributed by atoms with van der Waals surface area (Å²) in [5.41, 5.74) is 0. The number of hydrogen-bond acceptors (Lipinski definition) is 0. The Morgan fingerprint density at radius 3 is 1.73 bits per heavy atom. The Morgan fingerprint density at radius 1 is 1.00 bits per heavy atom. The molecule has 1 fully saturated rings. The van der Waals surface area contributed by atoms with Crippen LogP contribution in [0.25, 0.3) is 0 Å². The van der Waals surface area contributed by atoms with Crippen LogP contribution in [0.3, 0.4) is 0 Å². The van der Waals surface area contributed by atoms with Gasteiger partial charge in [0.2, 0.25) is 0 Å². The minimum atomic E-state index is 0. The molecule has 1 heteroatoms. The van der Waals surface area contributed by atoms with Crippen molar-refractivity contribution >= 4 is 0 Å². The van der Waals surface area contributed by atoms with E-state index < -0.39 is 0 Å². The van der Waals surface area contributed by atoms with Crippen LogP contribution in [-0.2, 0) is 18.6 Å². The Labute approximate surface area is 84.0 Å². The van der Waals surface area contributed by atoms with E-state index in [4.69, 9.17) is 0 Å². The molecule has 67 valence electrons. The summed E-state index contributed by atoms with van der Waals surface area (Å²) in [5, 5.41) is 0. The first kappa shape index (κ1) is 14.1. The van der Waals surface area contributed by atoms with E-state index in [1.54, 1.807) is 0 Å². The van der Waals surface area contributed by atoms with Crippen molar-refractivity contribution in [3.05, 3.63) is 0 Å². The van der Waals surface area contributed by atoms with E-state index in [1.807, 2.05) is 13.8 Å². The second-order valence-corrected chi connectivity index (χ2v) is 2.91. The van der Waals surface area contributed by atoms with Crippen LogP contribution in [-0.4, -0.2) is 0 Å². The maximum atomic E-state index is 2.32. The number of rotatable bonds is 1. The van der Waals surface area contributed by atoms with Gasteiger partial charge in [-0.3, -0.25) is 0 Å². The standard InChI is InChI=1S/C8H16.C2H6.V/c1-2-8-6-4-3-5-7-8;1-2;/h8H,2-7H2,1H3;1-2H3;. The Balaban J connectivity index is 0. The molecule has 1 aliphatic rings. The Hall–Kier alpha value is 0.584. The van der Waals surface area contributed by atoms with E-state index in [9.17, 15) is 0 Å². The van der Waals surface area contributed by atoms with E-state index in [1.165, 1.54) is 38.5 Å². The topological polar surface area (TPSA) is 0 Å². The van der Waals surface area contributed by atoms with Crippen LogP contribution in [0.4, 0.5) is 0 Å². The molecule has 0 nitrogen and oxygen atoms in total. The van der Waals surface area contributed by atoms with Gasteiger partial charge in [0.15, 0.2) is 0 Å². The van der Waals surface area contributed by atoms with Gasteiger partial charge in [0.25, 0.3) is 0 Å².